The van der Waals surface area contributed by atoms with E-state index in [1.807, 2.05) is 43.6 Å². The average Bonchev–Trinajstić information content (AvgIpc) is 3.79. The van der Waals surface area contributed by atoms with Crippen molar-refractivity contribution in [2.24, 2.45) is 5.92 Å². The Hall–Kier alpha value is -3.51. The summed E-state index contributed by atoms with van der Waals surface area (Å²) in [6.45, 7) is 17.3. The highest BCUT2D eigenvalue weighted by molar-refractivity contribution is 5.94. The van der Waals surface area contributed by atoms with Crippen LogP contribution >= 0.6 is 0 Å². The number of carbonyl (C=O) groups is 3. The Kier molecular flexibility index (Phi) is 16.0. The molecular weight excluding hydrogens is 474 g/mol. The van der Waals surface area contributed by atoms with Gasteiger partial charge in [-0.25, -0.2) is 0 Å². The summed E-state index contributed by atoms with van der Waals surface area (Å²) in [5, 5.41) is 2.42. The second-order valence-electron chi connectivity index (χ2n) is 9.44. The number of anilines is 1. The largest absolute Gasteiger partial charge is 0.399 e. The monoisotopic (exact) mass is 519 g/mol. The number of hydrogen-bond donors (Lipinski definition) is 1. The normalized spacial score (nSPS) is 15.4. The summed E-state index contributed by atoms with van der Waals surface area (Å²) in [6, 6.07) is 13.6. The number of amides is 1. The van der Waals surface area contributed by atoms with Crippen molar-refractivity contribution in [1.29, 1.82) is 0 Å². The number of nitrogen functional groups attached to an aromatic ring is 1. The van der Waals surface area contributed by atoms with Gasteiger partial charge >= 0.3 is 0 Å². The number of nitrogens with zero attached hydrogens (tertiary/aromatic N) is 2. The quantitative estimate of drug-likeness (QED) is 0.562. The highest BCUT2D eigenvalue weighted by Crippen LogP contribution is 2.30. The summed E-state index contributed by atoms with van der Waals surface area (Å²) in [4.78, 5) is 32.8. The fraction of sp³-hybridized carbons (Fsp3) is 0.406. The third kappa shape index (κ3) is 11.3. The van der Waals surface area contributed by atoms with Crippen LogP contribution in [0.5, 0.6) is 0 Å². The predicted molar refractivity (Wildman–Crippen MR) is 159 cm³/mol. The van der Waals surface area contributed by atoms with E-state index in [2.05, 4.69) is 48.8 Å². The van der Waals surface area contributed by atoms with Crippen LogP contribution in [0, 0.1) is 5.92 Å². The first-order valence-electron chi connectivity index (χ1n) is 13.4. The molecule has 6 heteroatoms. The average molecular weight is 520 g/mol. The maximum atomic E-state index is 12.3. The standard InChI is InChI=1S/C15H21N3O.C15H20.2CH2O/c16-14-5-3-13(4-6-14)15(19)18-9-7-17(8-10-18)11-12-1-2-12;1-4-6-9-14-11-8-12-15(13(14)3)10-7-5-2;2*1-2/h3-6,12H,1-2,7-11,16H2;4,6,8-9,11-12H,3,5,7,10H2,1-2H3;2*1H2/b;6-4-,14-9-;;. The smallest absolute Gasteiger partial charge is 0.253 e. The van der Waals surface area contributed by atoms with Crippen molar-refractivity contribution in [1.82, 2.24) is 9.80 Å². The van der Waals surface area contributed by atoms with Crippen molar-refractivity contribution in [3.63, 3.8) is 0 Å². The number of allylic oxidation sites excluding steroid dienone is 2. The zero-order chi connectivity index (χ0) is 28.3. The summed E-state index contributed by atoms with van der Waals surface area (Å²) in [5.41, 5.74) is 8.47. The molecule has 2 aromatic rings. The second-order valence-corrected chi connectivity index (χ2v) is 9.44. The molecule has 0 atom stereocenters. The molecule has 1 aliphatic carbocycles. The lowest BCUT2D eigenvalue weighted by Gasteiger charge is -2.34. The van der Waals surface area contributed by atoms with Gasteiger partial charge < -0.3 is 20.2 Å². The molecular formula is C32H45N3O3. The van der Waals surface area contributed by atoms with Gasteiger partial charge in [-0.3, -0.25) is 9.69 Å². The summed E-state index contributed by atoms with van der Waals surface area (Å²) >= 11 is 0. The number of aryl methyl sites for hydroxylation is 1. The van der Waals surface area contributed by atoms with E-state index in [9.17, 15) is 4.79 Å². The van der Waals surface area contributed by atoms with Crippen LogP contribution < -0.4 is 16.2 Å². The second kappa shape index (κ2) is 18.7. The van der Waals surface area contributed by atoms with Gasteiger partial charge in [-0.1, -0.05) is 56.4 Å². The Bertz CT molecular complexity index is 1080. The van der Waals surface area contributed by atoms with Gasteiger partial charge in [0.05, 0.1) is 0 Å². The third-order valence-electron chi connectivity index (χ3n) is 6.61. The van der Waals surface area contributed by atoms with Crippen LogP contribution in [0.3, 0.4) is 0 Å². The molecule has 38 heavy (non-hydrogen) atoms. The Labute approximate surface area is 228 Å². The molecule has 0 aromatic heterocycles. The summed E-state index contributed by atoms with van der Waals surface area (Å²) in [7, 11) is 0. The minimum absolute atomic E-state index is 0.131. The van der Waals surface area contributed by atoms with E-state index in [1.165, 1.54) is 48.2 Å². The molecule has 1 saturated heterocycles. The van der Waals surface area contributed by atoms with E-state index in [0.29, 0.717) is 5.69 Å². The van der Waals surface area contributed by atoms with Gasteiger partial charge in [-0.15, -0.1) is 0 Å². The van der Waals surface area contributed by atoms with E-state index in [1.54, 1.807) is 12.1 Å². The molecule has 1 heterocycles. The lowest BCUT2D eigenvalue weighted by molar-refractivity contribution is -0.0987. The summed E-state index contributed by atoms with van der Waals surface area (Å²) in [5.74, 6) is 1.06. The molecule has 0 radical (unpaired) electrons. The van der Waals surface area contributed by atoms with Gasteiger partial charge in [0.15, 0.2) is 0 Å². The molecule has 4 rings (SSSR count). The fourth-order valence-corrected chi connectivity index (χ4v) is 4.22. The van der Waals surface area contributed by atoms with Crippen LogP contribution in [-0.4, -0.2) is 62.0 Å². The number of carbonyl (C=O) groups excluding carboxylic acids is 3. The van der Waals surface area contributed by atoms with Crippen molar-refractivity contribution in [3.8, 4) is 0 Å². The molecule has 0 bridgehead atoms. The maximum absolute atomic E-state index is 12.3. The Morgan fingerprint density at radius 2 is 1.63 bits per heavy atom. The van der Waals surface area contributed by atoms with Crippen LogP contribution in [0.15, 0.2) is 54.6 Å². The summed E-state index contributed by atoms with van der Waals surface area (Å²) < 4.78 is 0. The molecule has 1 aliphatic heterocycles. The maximum Gasteiger partial charge on any atom is 0.253 e. The van der Waals surface area contributed by atoms with E-state index >= 15 is 0 Å². The molecule has 0 unspecified atom stereocenters. The first-order chi connectivity index (χ1) is 18.5. The van der Waals surface area contributed by atoms with Crippen molar-refractivity contribution in [3.05, 3.63) is 76.2 Å². The predicted octanol–water partition coefficient (Wildman–Crippen LogP) is 3.86. The van der Waals surface area contributed by atoms with E-state index < -0.39 is 0 Å². The highest BCUT2D eigenvalue weighted by atomic mass is 16.2. The molecule has 2 fully saturated rings. The van der Waals surface area contributed by atoms with Crippen LogP contribution in [0.1, 0.15) is 55.5 Å². The van der Waals surface area contributed by atoms with Crippen molar-refractivity contribution >= 4 is 37.8 Å². The molecule has 1 amide bonds. The minimum Gasteiger partial charge on any atom is -0.399 e. The number of unbranched alkanes of at least 4 members (excludes halogenated alkanes) is 1. The number of benzene rings is 2. The lowest BCUT2D eigenvalue weighted by Crippen LogP contribution is -2.49. The van der Waals surface area contributed by atoms with Gasteiger partial charge in [-0.2, -0.15) is 0 Å². The summed E-state index contributed by atoms with van der Waals surface area (Å²) in [6.07, 6.45) is 12.6. The van der Waals surface area contributed by atoms with Gasteiger partial charge in [0.25, 0.3) is 5.91 Å². The molecule has 2 aliphatic rings. The van der Waals surface area contributed by atoms with E-state index in [0.717, 1.165) is 44.1 Å². The zero-order valence-electron chi connectivity index (χ0n) is 23.2. The number of piperazine rings is 1. The fourth-order valence-electron chi connectivity index (χ4n) is 4.22. The Balaban J connectivity index is 0.000000344. The van der Waals surface area contributed by atoms with Crippen LogP contribution in [-0.2, 0) is 16.0 Å². The molecule has 1 saturated carbocycles. The third-order valence-corrected chi connectivity index (χ3v) is 6.61. The van der Waals surface area contributed by atoms with Crippen molar-refractivity contribution in [2.75, 3.05) is 38.5 Å². The number of rotatable bonds is 7. The molecule has 6 nitrogen and oxygen atoms in total. The number of hydrogen-bond acceptors (Lipinski definition) is 5. The number of nitrogens with two attached hydrogens (primary N) is 1. The Morgan fingerprint density at radius 3 is 2.18 bits per heavy atom. The van der Waals surface area contributed by atoms with Crippen molar-refractivity contribution in [2.45, 2.75) is 46.0 Å². The molecule has 2 N–H and O–H groups in total. The first kappa shape index (κ1) is 32.5. The van der Waals surface area contributed by atoms with Gasteiger partial charge in [-0.05, 0) is 78.8 Å². The van der Waals surface area contributed by atoms with Crippen LogP contribution in [0.2, 0.25) is 0 Å². The van der Waals surface area contributed by atoms with Gasteiger partial charge in [0, 0.05) is 44.0 Å². The van der Waals surface area contributed by atoms with Crippen molar-refractivity contribution < 1.29 is 14.4 Å². The van der Waals surface area contributed by atoms with E-state index in [4.69, 9.17) is 15.3 Å². The van der Waals surface area contributed by atoms with Gasteiger partial charge in [0.2, 0.25) is 0 Å². The van der Waals surface area contributed by atoms with E-state index in [-0.39, 0.29) is 5.91 Å². The molecule has 0 spiro atoms. The molecule has 2 aromatic carbocycles. The van der Waals surface area contributed by atoms with Crippen LogP contribution in [0.4, 0.5) is 5.69 Å². The minimum atomic E-state index is 0.131. The van der Waals surface area contributed by atoms with Crippen LogP contribution in [0.25, 0.3) is 12.7 Å². The first-order valence-corrected chi connectivity index (χ1v) is 13.4. The zero-order valence-corrected chi connectivity index (χ0v) is 23.2. The SMILES string of the molecule is C=O.C=O.C=c1c(CCCC)ccc/c1=C/C=C\C.Nc1ccc(C(=O)N2CCN(CC3CC3)CC2)cc1. The highest BCUT2D eigenvalue weighted by Gasteiger charge is 2.27. The van der Waals surface area contributed by atoms with Gasteiger partial charge in [0.1, 0.15) is 13.6 Å². The molecule has 206 valence electrons. The topological polar surface area (TPSA) is 83.7 Å². The lowest BCUT2D eigenvalue weighted by atomic mass is 10.0. The Morgan fingerprint density at radius 1 is 1.00 bits per heavy atom.